The van der Waals surface area contributed by atoms with Crippen LogP contribution in [0.2, 0.25) is 0 Å². The number of ether oxygens (including phenoxy) is 2. The van der Waals surface area contributed by atoms with E-state index in [2.05, 4.69) is 69.3 Å². The van der Waals surface area contributed by atoms with Crippen molar-refractivity contribution in [3.05, 3.63) is 59.7 Å². The Balaban J connectivity index is 2.02. The van der Waals surface area contributed by atoms with Gasteiger partial charge in [-0.1, -0.05) is 48.5 Å². The van der Waals surface area contributed by atoms with Gasteiger partial charge >= 0.3 is 0 Å². The van der Waals surface area contributed by atoms with E-state index in [1.54, 1.807) is 0 Å². The number of benzene rings is 2. The zero-order chi connectivity index (χ0) is 14.0. The first-order chi connectivity index (χ1) is 9.55. The zero-order valence-electron chi connectivity index (χ0n) is 12.0. The molecular weight excluding hydrogens is 248 g/mol. The number of rotatable bonds is 0. The third kappa shape index (κ3) is 1.36. The number of fused-ring (bicyclic) bond motifs is 5. The van der Waals surface area contributed by atoms with Gasteiger partial charge in [0.1, 0.15) is 0 Å². The Morgan fingerprint density at radius 1 is 0.850 bits per heavy atom. The highest BCUT2D eigenvalue weighted by Crippen LogP contribution is 2.56. The summed E-state index contributed by atoms with van der Waals surface area (Å²) >= 11 is 0. The minimum Gasteiger partial charge on any atom is -0.336 e. The standard InChI is InChI=1S/C18H18O2/c1-12-17(2,3)20-18(19-12)15-10-6-4-8-13(15)14-9-5-7-11-16(14)18/h4-12H,1-3H3/t12-/m0/s1. The van der Waals surface area contributed by atoms with Crippen LogP contribution in [0.1, 0.15) is 31.9 Å². The van der Waals surface area contributed by atoms with E-state index in [0.29, 0.717) is 0 Å². The van der Waals surface area contributed by atoms with E-state index in [-0.39, 0.29) is 11.7 Å². The molecule has 20 heavy (non-hydrogen) atoms. The average molecular weight is 266 g/mol. The third-order valence-corrected chi connectivity index (χ3v) is 4.58. The van der Waals surface area contributed by atoms with Crippen LogP contribution in [-0.4, -0.2) is 11.7 Å². The molecule has 2 aliphatic rings. The van der Waals surface area contributed by atoms with Gasteiger partial charge in [-0.05, 0) is 31.9 Å². The van der Waals surface area contributed by atoms with Gasteiger partial charge in [0, 0.05) is 11.1 Å². The highest BCUT2D eigenvalue weighted by atomic mass is 16.8. The van der Waals surface area contributed by atoms with Crippen LogP contribution < -0.4 is 0 Å². The summed E-state index contributed by atoms with van der Waals surface area (Å²) in [5.41, 5.74) is 4.38. The van der Waals surface area contributed by atoms with Gasteiger partial charge in [0.2, 0.25) is 5.79 Å². The molecule has 0 saturated carbocycles. The van der Waals surface area contributed by atoms with Gasteiger partial charge in [0.25, 0.3) is 0 Å². The fourth-order valence-corrected chi connectivity index (χ4v) is 3.26. The summed E-state index contributed by atoms with van der Waals surface area (Å²) in [6, 6.07) is 16.8. The van der Waals surface area contributed by atoms with Gasteiger partial charge in [0.15, 0.2) is 0 Å². The molecule has 0 amide bonds. The van der Waals surface area contributed by atoms with Crippen molar-refractivity contribution in [1.29, 1.82) is 0 Å². The lowest BCUT2D eigenvalue weighted by atomic mass is 10.0. The Morgan fingerprint density at radius 2 is 1.35 bits per heavy atom. The van der Waals surface area contributed by atoms with Crippen LogP contribution in [0.25, 0.3) is 11.1 Å². The van der Waals surface area contributed by atoms with Crippen molar-refractivity contribution in [3.63, 3.8) is 0 Å². The second-order valence-corrected chi connectivity index (χ2v) is 6.17. The fourth-order valence-electron chi connectivity index (χ4n) is 3.26. The lowest BCUT2D eigenvalue weighted by Gasteiger charge is -2.27. The summed E-state index contributed by atoms with van der Waals surface area (Å²) in [7, 11) is 0. The van der Waals surface area contributed by atoms with Crippen LogP contribution >= 0.6 is 0 Å². The minimum absolute atomic E-state index is 0.0433. The van der Waals surface area contributed by atoms with Gasteiger partial charge < -0.3 is 9.47 Å². The van der Waals surface area contributed by atoms with Gasteiger partial charge in [-0.25, -0.2) is 0 Å². The van der Waals surface area contributed by atoms with Crippen molar-refractivity contribution < 1.29 is 9.47 Å². The normalized spacial score (nSPS) is 24.6. The topological polar surface area (TPSA) is 18.5 Å². The van der Waals surface area contributed by atoms with Crippen LogP contribution in [0.3, 0.4) is 0 Å². The molecule has 0 N–H and O–H groups in total. The molecule has 1 heterocycles. The van der Waals surface area contributed by atoms with Gasteiger partial charge in [-0.2, -0.15) is 0 Å². The summed E-state index contributed by atoms with van der Waals surface area (Å²) < 4.78 is 12.8. The molecule has 1 aliphatic heterocycles. The Morgan fingerprint density at radius 3 is 1.80 bits per heavy atom. The molecular formula is C18H18O2. The maximum Gasteiger partial charge on any atom is 0.224 e. The molecule has 0 bridgehead atoms. The van der Waals surface area contributed by atoms with Crippen molar-refractivity contribution in [2.45, 2.75) is 38.3 Å². The van der Waals surface area contributed by atoms with Crippen molar-refractivity contribution in [2.24, 2.45) is 0 Å². The monoisotopic (exact) mass is 266 g/mol. The first-order valence-electron chi connectivity index (χ1n) is 7.12. The number of hydrogen-bond donors (Lipinski definition) is 0. The lowest BCUT2D eigenvalue weighted by Crippen LogP contribution is -2.32. The highest BCUT2D eigenvalue weighted by molar-refractivity contribution is 5.79. The molecule has 1 aliphatic carbocycles. The summed E-state index contributed by atoms with van der Waals surface area (Å²) in [6.07, 6.45) is 0.0433. The van der Waals surface area contributed by atoms with Gasteiger partial charge in [0.05, 0.1) is 11.7 Å². The Bertz CT molecular complexity index is 642. The molecule has 1 atom stereocenters. The maximum absolute atomic E-state index is 6.44. The maximum atomic E-state index is 6.44. The van der Waals surface area contributed by atoms with Crippen molar-refractivity contribution in [1.82, 2.24) is 0 Å². The number of hydrogen-bond acceptors (Lipinski definition) is 2. The Hall–Kier alpha value is -1.64. The van der Waals surface area contributed by atoms with E-state index in [4.69, 9.17) is 9.47 Å². The van der Waals surface area contributed by atoms with Crippen molar-refractivity contribution in [2.75, 3.05) is 0 Å². The molecule has 1 fully saturated rings. The van der Waals surface area contributed by atoms with E-state index in [9.17, 15) is 0 Å². The smallest absolute Gasteiger partial charge is 0.224 e. The largest absolute Gasteiger partial charge is 0.336 e. The molecule has 0 aromatic heterocycles. The molecule has 2 aromatic rings. The molecule has 2 heteroatoms. The zero-order valence-corrected chi connectivity index (χ0v) is 12.0. The van der Waals surface area contributed by atoms with Crippen molar-refractivity contribution >= 4 is 0 Å². The van der Waals surface area contributed by atoms with Crippen LogP contribution in [0.4, 0.5) is 0 Å². The van der Waals surface area contributed by atoms with Gasteiger partial charge in [-0.15, -0.1) is 0 Å². The first kappa shape index (κ1) is 12.1. The second kappa shape index (κ2) is 3.72. The Labute approximate surface area is 119 Å². The fraction of sp³-hybridized carbons (Fsp3) is 0.333. The molecule has 2 aromatic carbocycles. The minimum atomic E-state index is -0.740. The average Bonchev–Trinajstić information content (AvgIpc) is 2.84. The van der Waals surface area contributed by atoms with E-state index in [1.807, 2.05) is 0 Å². The first-order valence-corrected chi connectivity index (χ1v) is 7.12. The summed E-state index contributed by atoms with van der Waals surface area (Å²) in [5, 5.41) is 0. The lowest BCUT2D eigenvalue weighted by molar-refractivity contribution is -0.158. The molecule has 1 saturated heterocycles. The van der Waals surface area contributed by atoms with Crippen LogP contribution in [0.15, 0.2) is 48.5 Å². The quantitative estimate of drug-likeness (QED) is 0.715. The molecule has 0 radical (unpaired) electrons. The molecule has 0 unspecified atom stereocenters. The van der Waals surface area contributed by atoms with Crippen LogP contribution in [0.5, 0.6) is 0 Å². The molecule has 102 valence electrons. The van der Waals surface area contributed by atoms with Crippen molar-refractivity contribution in [3.8, 4) is 11.1 Å². The van der Waals surface area contributed by atoms with E-state index in [0.717, 1.165) is 11.1 Å². The summed E-state index contributed by atoms with van der Waals surface area (Å²) in [4.78, 5) is 0. The molecule has 4 rings (SSSR count). The predicted molar refractivity (Wildman–Crippen MR) is 78.4 cm³/mol. The second-order valence-electron chi connectivity index (χ2n) is 6.17. The van der Waals surface area contributed by atoms with E-state index >= 15 is 0 Å². The van der Waals surface area contributed by atoms with E-state index < -0.39 is 5.79 Å². The van der Waals surface area contributed by atoms with Crippen LogP contribution in [0, 0.1) is 0 Å². The molecule has 2 nitrogen and oxygen atoms in total. The SMILES string of the molecule is C[C@@H]1OC2(OC1(C)C)c1ccccc1-c1ccccc12. The highest BCUT2D eigenvalue weighted by Gasteiger charge is 2.56. The predicted octanol–water partition coefficient (Wildman–Crippen LogP) is 4.08. The van der Waals surface area contributed by atoms with Crippen LogP contribution in [-0.2, 0) is 15.3 Å². The Kier molecular flexibility index (Phi) is 2.25. The van der Waals surface area contributed by atoms with Gasteiger partial charge in [-0.3, -0.25) is 0 Å². The van der Waals surface area contributed by atoms with E-state index in [1.165, 1.54) is 11.1 Å². The molecule has 1 spiro atoms. The summed E-state index contributed by atoms with van der Waals surface area (Å²) in [5.74, 6) is -0.740. The summed E-state index contributed by atoms with van der Waals surface area (Å²) in [6.45, 7) is 6.27. The third-order valence-electron chi connectivity index (χ3n) is 4.58.